The molecule has 1 N–H and O–H groups in total. The molecule has 0 saturated heterocycles. The predicted molar refractivity (Wildman–Crippen MR) is 121 cm³/mol. The standard InChI is InChI=1S/C23H18N4O2S/c1-14(19-12-9-17-6-5-16-3-2-4-20(19)22(16)17)25-26-23-24-21(13-30-23)15-7-10-18(11-8-15)27(28)29/h2-4,7-13H,5-6H2,1H3,(H,24,26). The Morgan fingerprint density at radius 2 is 1.87 bits per heavy atom. The zero-order chi connectivity index (χ0) is 20.7. The van der Waals surface area contributed by atoms with Crippen LogP contribution in [0.25, 0.3) is 22.0 Å². The van der Waals surface area contributed by atoms with Gasteiger partial charge in [-0.15, -0.1) is 11.3 Å². The van der Waals surface area contributed by atoms with Gasteiger partial charge in [0.2, 0.25) is 5.13 Å². The molecule has 0 spiro atoms. The van der Waals surface area contributed by atoms with Gasteiger partial charge in [-0.2, -0.15) is 5.10 Å². The molecule has 30 heavy (non-hydrogen) atoms. The lowest BCUT2D eigenvalue weighted by Gasteiger charge is -2.09. The summed E-state index contributed by atoms with van der Waals surface area (Å²) in [6.45, 7) is 2.00. The number of nitro benzene ring substituents is 1. The number of benzene rings is 3. The minimum absolute atomic E-state index is 0.0675. The molecule has 0 bridgehead atoms. The van der Waals surface area contributed by atoms with Gasteiger partial charge in [0.15, 0.2) is 0 Å². The van der Waals surface area contributed by atoms with E-state index in [4.69, 9.17) is 0 Å². The van der Waals surface area contributed by atoms with Gasteiger partial charge >= 0.3 is 0 Å². The molecule has 0 fully saturated rings. The molecule has 148 valence electrons. The van der Waals surface area contributed by atoms with Crippen molar-refractivity contribution in [3.8, 4) is 11.3 Å². The summed E-state index contributed by atoms with van der Waals surface area (Å²) in [5.74, 6) is 0. The number of rotatable bonds is 5. The second-order valence-electron chi connectivity index (χ2n) is 7.26. The largest absolute Gasteiger partial charge is 0.269 e. The minimum Gasteiger partial charge on any atom is -0.258 e. The first-order valence-corrected chi connectivity index (χ1v) is 10.5. The number of nitrogens with zero attached hydrogens (tertiary/aromatic N) is 3. The number of aryl methyl sites for hydroxylation is 2. The fourth-order valence-corrected chi connectivity index (χ4v) is 4.63. The van der Waals surface area contributed by atoms with Gasteiger partial charge in [-0.1, -0.05) is 30.3 Å². The second-order valence-corrected chi connectivity index (χ2v) is 8.12. The monoisotopic (exact) mass is 414 g/mol. The molecular weight excluding hydrogens is 396 g/mol. The van der Waals surface area contributed by atoms with E-state index in [0.29, 0.717) is 5.13 Å². The molecule has 1 heterocycles. The Morgan fingerprint density at radius 1 is 1.10 bits per heavy atom. The van der Waals surface area contributed by atoms with E-state index in [0.717, 1.165) is 35.4 Å². The van der Waals surface area contributed by atoms with Crippen LogP contribution in [0.4, 0.5) is 10.8 Å². The molecule has 5 rings (SSSR count). The Bertz CT molecular complexity index is 1300. The van der Waals surface area contributed by atoms with E-state index < -0.39 is 4.92 Å². The summed E-state index contributed by atoms with van der Waals surface area (Å²) in [4.78, 5) is 15.0. The maximum absolute atomic E-state index is 10.8. The van der Waals surface area contributed by atoms with Crippen LogP contribution in [0.1, 0.15) is 23.6 Å². The average Bonchev–Trinajstić information content (AvgIpc) is 3.41. The zero-order valence-electron chi connectivity index (χ0n) is 16.3. The highest BCUT2D eigenvalue weighted by molar-refractivity contribution is 7.14. The normalized spacial score (nSPS) is 13.0. The topological polar surface area (TPSA) is 80.4 Å². The van der Waals surface area contributed by atoms with Gasteiger partial charge < -0.3 is 0 Å². The number of thiazole rings is 1. The molecule has 4 aromatic rings. The number of nitro groups is 1. The highest BCUT2D eigenvalue weighted by Gasteiger charge is 2.16. The van der Waals surface area contributed by atoms with Crippen LogP contribution in [0.3, 0.4) is 0 Å². The van der Waals surface area contributed by atoms with Crippen molar-refractivity contribution in [3.63, 3.8) is 0 Å². The van der Waals surface area contributed by atoms with Crippen molar-refractivity contribution < 1.29 is 4.92 Å². The summed E-state index contributed by atoms with van der Waals surface area (Å²) in [5, 5.41) is 20.6. The van der Waals surface area contributed by atoms with Crippen molar-refractivity contribution in [1.82, 2.24) is 4.98 Å². The van der Waals surface area contributed by atoms with E-state index in [9.17, 15) is 10.1 Å². The Morgan fingerprint density at radius 3 is 2.63 bits per heavy atom. The average molecular weight is 414 g/mol. The highest BCUT2D eigenvalue weighted by Crippen LogP contribution is 2.33. The number of non-ortho nitro benzene ring substituents is 1. The fraction of sp³-hybridized carbons (Fsp3) is 0.130. The summed E-state index contributed by atoms with van der Waals surface area (Å²) < 4.78 is 0. The number of anilines is 1. The van der Waals surface area contributed by atoms with Gasteiger partial charge in [0.05, 0.1) is 16.3 Å². The first kappa shape index (κ1) is 18.4. The van der Waals surface area contributed by atoms with Gasteiger partial charge in [-0.25, -0.2) is 4.98 Å². The molecule has 0 saturated carbocycles. The van der Waals surface area contributed by atoms with E-state index in [1.54, 1.807) is 12.1 Å². The van der Waals surface area contributed by atoms with Crippen LogP contribution in [-0.2, 0) is 12.8 Å². The van der Waals surface area contributed by atoms with Crippen LogP contribution < -0.4 is 5.43 Å². The second kappa shape index (κ2) is 7.35. The lowest BCUT2D eigenvalue weighted by Crippen LogP contribution is -2.01. The van der Waals surface area contributed by atoms with E-state index in [2.05, 4.69) is 45.8 Å². The van der Waals surface area contributed by atoms with Gasteiger partial charge in [-0.05, 0) is 53.8 Å². The van der Waals surface area contributed by atoms with Crippen molar-refractivity contribution in [1.29, 1.82) is 0 Å². The molecular formula is C23H18N4O2S. The third-order valence-corrected chi connectivity index (χ3v) is 6.21. The number of hydrazone groups is 1. The molecule has 0 atom stereocenters. The van der Waals surface area contributed by atoms with Crippen molar-refractivity contribution in [2.75, 3.05) is 5.43 Å². The SMILES string of the molecule is CC(=NNc1nc(-c2ccc([N+](=O)[O-])cc2)cs1)c1ccc2c3c(cccc13)CC2. The van der Waals surface area contributed by atoms with Crippen molar-refractivity contribution >= 4 is 38.6 Å². The first-order chi connectivity index (χ1) is 14.6. The van der Waals surface area contributed by atoms with E-state index in [1.807, 2.05) is 12.3 Å². The Labute approximate surface area is 177 Å². The summed E-state index contributed by atoms with van der Waals surface area (Å²) in [6, 6.07) is 17.2. The number of hydrogen-bond donors (Lipinski definition) is 1. The zero-order valence-corrected chi connectivity index (χ0v) is 17.1. The van der Waals surface area contributed by atoms with E-state index in [-0.39, 0.29) is 5.69 Å². The number of hydrogen-bond acceptors (Lipinski definition) is 6. The number of aromatic nitrogens is 1. The Balaban J connectivity index is 1.39. The highest BCUT2D eigenvalue weighted by atomic mass is 32.1. The lowest BCUT2D eigenvalue weighted by molar-refractivity contribution is -0.384. The summed E-state index contributed by atoms with van der Waals surface area (Å²) in [5.41, 5.74) is 9.57. The third kappa shape index (κ3) is 3.23. The first-order valence-electron chi connectivity index (χ1n) is 9.64. The van der Waals surface area contributed by atoms with Crippen LogP contribution in [0.5, 0.6) is 0 Å². The van der Waals surface area contributed by atoms with Crippen LogP contribution in [0.2, 0.25) is 0 Å². The van der Waals surface area contributed by atoms with Gasteiger partial charge in [0.1, 0.15) is 0 Å². The molecule has 1 aliphatic carbocycles. The Hall–Kier alpha value is -3.58. The predicted octanol–water partition coefficient (Wildman–Crippen LogP) is 5.81. The fourth-order valence-electron chi connectivity index (χ4n) is 3.97. The minimum atomic E-state index is -0.407. The molecule has 0 aliphatic heterocycles. The lowest BCUT2D eigenvalue weighted by atomic mass is 9.98. The molecule has 0 amide bonds. The summed E-state index contributed by atoms with van der Waals surface area (Å²) in [6.07, 6.45) is 2.21. The van der Waals surface area contributed by atoms with E-state index >= 15 is 0 Å². The molecule has 0 unspecified atom stereocenters. The van der Waals surface area contributed by atoms with Crippen molar-refractivity contribution in [2.24, 2.45) is 5.10 Å². The van der Waals surface area contributed by atoms with Gasteiger partial charge in [-0.3, -0.25) is 15.5 Å². The maximum atomic E-state index is 10.8. The van der Waals surface area contributed by atoms with Gasteiger partial charge in [0.25, 0.3) is 5.69 Å². The molecule has 3 aromatic carbocycles. The van der Waals surface area contributed by atoms with Crippen molar-refractivity contribution in [3.05, 3.63) is 86.8 Å². The van der Waals surface area contributed by atoms with Crippen LogP contribution in [0, 0.1) is 10.1 Å². The van der Waals surface area contributed by atoms with Crippen molar-refractivity contribution in [2.45, 2.75) is 19.8 Å². The molecule has 1 aromatic heterocycles. The van der Waals surface area contributed by atoms with E-state index in [1.165, 1.54) is 45.4 Å². The maximum Gasteiger partial charge on any atom is 0.269 e. The summed E-state index contributed by atoms with van der Waals surface area (Å²) in [7, 11) is 0. The third-order valence-electron chi connectivity index (χ3n) is 5.46. The van der Waals surface area contributed by atoms with Crippen LogP contribution in [0.15, 0.2) is 65.1 Å². The van der Waals surface area contributed by atoms with Crippen LogP contribution >= 0.6 is 11.3 Å². The molecule has 7 heteroatoms. The van der Waals surface area contributed by atoms with Gasteiger partial charge in [0, 0.05) is 28.6 Å². The molecule has 0 radical (unpaired) electrons. The molecule has 6 nitrogen and oxygen atoms in total. The quantitative estimate of drug-likeness (QED) is 0.254. The summed E-state index contributed by atoms with van der Waals surface area (Å²) >= 11 is 1.45. The van der Waals surface area contributed by atoms with Crippen LogP contribution in [-0.4, -0.2) is 15.6 Å². The smallest absolute Gasteiger partial charge is 0.258 e. The Kier molecular flexibility index (Phi) is 4.52. The molecule has 1 aliphatic rings. The number of nitrogens with one attached hydrogen (secondary N) is 1.